The van der Waals surface area contributed by atoms with E-state index < -0.39 is 0 Å². The number of ether oxygens (including phenoxy) is 2. The van der Waals surface area contributed by atoms with Crippen LogP contribution in [-0.4, -0.2) is 30.8 Å². The molecule has 0 saturated carbocycles. The average molecular weight is 440 g/mol. The minimum absolute atomic E-state index is 0.304. The number of hydrogen-bond donors (Lipinski definition) is 1. The summed E-state index contributed by atoms with van der Waals surface area (Å²) >= 11 is 0. The van der Waals surface area contributed by atoms with E-state index in [-0.39, 0.29) is 5.91 Å². The van der Waals surface area contributed by atoms with Crippen molar-refractivity contribution >= 4 is 22.5 Å². The van der Waals surface area contributed by atoms with Crippen LogP contribution < -0.4 is 14.9 Å². The molecule has 0 aliphatic carbocycles. The van der Waals surface area contributed by atoms with Gasteiger partial charge in [-0.15, -0.1) is 0 Å². The molecule has 0 fully saturated rings. The molecule has 6 heteroatoms. The number of nitrogens with zero attached hydrogens (tertiary/aromatic N) is 2. The largest absolute Gasteiger partial charge is 0.493 e. The van der Waals surface area contributed by atoms with Crippen molar-refractivity contribution in [2.45, 2.75) is 13.8 Å². The third kappa shape index (κ3) is 4.70. The van der Waals surface area contributed by atoms with E-state index >= 15 is 0 Å². The number of hydrogen-bond acceptors (Lipinski definition) is 5. The molecule has 6 nitrogen and oxygen atoms in total. The van der Waals surface area contributed by atoms with Crippen molar-refractivity contribution in [2.24, 2.45) is 5.10 Å². The summed E-state index contributed by atoms with van der Waals surface area (Å²) in [5.74, 6) is 0.922. The van der Waals surface area contributed by atoms with Crippen molar-refractivity contribution in [3.05, 3.63) is 89.5 Å². The lowest BCUT2D eigenvalue weighted by Gasteiger charge is -2.11. The highest BCUT2D eigenvalue weighted by atomic mass is 16.5. The standard InChI is InChI=1S/C27H25N3O3/c1-17-9-11-19(12-10-17)24-16-22(21-7-5-6-8-23(21)28-24)27(31)30-29-18(2)20-13-14-25(32-3)26(15-20)33-4/h5-16H,1-4H3,(H,30,31)/b29-18+. The molecule has 1 N–H and O–H groups in total. The Bertz CT molecular complexity index is 1340. The molecular formula is C27H25N3O3. The second-order valence-electron chi connectivity index (χ2n) is 7.65. The van der Waals surface area contributed by atoms with Crippen molar-refractivity contribution in [3.8, 4) is 22.8 Å². The van der Waals surface area contributed by atoms with Crippen LogP contribution in [0.25, 0.3) is 22.2 Å². The lowest BCUT2D eigenvalue weighted by atomic mass is 10.0. The van der Waals surface area contributed by atoms with E-state index in [0.717, 1.165) is 33.3 Å². The number of hydrazone groups is 1. The van der Waals surface area contributed by atoms with Crippen LogP contribution in [0.4, 0.5) is 0 Å². The lowest BCUT2D eigenvalue weighted by Crippen LogP contribution is -2.20. The van der Waals surface area contributed by atoms with Gasteiger partial charge in [0.05, 0.1) is 36.7 Å². The maximum atomic E-state index is 13.2. The number of para-hydroxylation sites is 1. The Labute approximate surface area is 192 Å². The Morgan fingerprint density at radius 2 is 1.64 bits per heavy atom. The third-order valence-electron chi connectivity index (χ3n) is 5.43. The minimum atomic E-state index is -0.304. The number of benzene rings is 3. The molecule has 1 amide bonds. The molecule has 166 valence electrons. The fourth-order valence-electron chi connectivity index (χ4n) is 3.56. The normalized spacial score (nSPS) is 11.3. The van der Waals surface area contributed by atoms with Gasteiger partial charge in [-0.2, -0.15) is 5.10 Å². The van der Waals surface area contributed by atoms with Crippen LogP contribution in [0.1, 0.15) is 28.4 Å². The van der Waals surface area contributed by atoms with E-state index in [9.17, 15) is 4.79 Å². The molecule has 1 heterocycles. The first-order valence-electron chi connectivity index (χ1n) is 10.5. The molecule has 1 aromatic heterocycles. The minimum Gasteiger partial charge on any atom is -0.493 e. The number of carbonyl (C=O) groups excluding carboxylic acids is 1. The van der Waals surface area contributed by atoms with Crippen molar-refractivity contribution in [1.29, 1.82) is 0 Å². The number of nitrogens with one attached hydrogen (secondary N) is 1. The Morgan fingerprint density at radius 1 is 0.909 bits per heavy atom. The van der Waals surface area contributed by atoms with E-state index in [1.807, 2.05) is 80.6 Å². The van der Waals surface area contributed by atoms with Crippen LogP contribution in [0.15, 0.2) is 77.9 Å². The topological polar surface area (TPSA) is 72.8 Å². The molecule has 4 rings (SSSR count). The van der Waals surface area contributed by atoms with Crippen LogP contribution >= 0.6 is 0 Å². The zero-order valence-electron chi connectivity index (χ0n) is 19.0. The maximum Gasteiger partial charge on any atom is 0.272 e. The molecule has 3 aromatic carbocycles. The molecule has 0 aliphatic rings. The number of rotatable bonds is 6. The highest BCUT2D eigenvalue weighted by Gasteiger charge is 2.14. The average Bonchev–Trinajstić information content (AvgIpc) is 2.86. The fourth-order valence-corrected chi connectivity index (χ4v) is 3.56. The summed E-state index contributed by atoms with van der Waals surface area (Å²) in [6.45, 7) is 3.86. The summed E-state index contributed by atoms with van der Waals surface area (Å²) in [7, 11) is 3.17. The molecule has 0 aliphatic heterocycles. The number of pyridine rings is 1. The van der Waals surface area contributed by atoms with Gasteiger partial charge in [-0.05, 0) is 44.2 Å². The number of fused-ring (bicyclic) bond motifs is 1. The second-order valence-corrected chi connectivity index (χ2v) is 7.65. The number of aromatic nitrogens is 1. The van der Waals surface area contributed by atoms with Gasteiger partial charge in [-0.25, -0.2) is 10.4 Å². The van der Waals surface area contributed by atoms with Crippen molar-refractivity contribution in [3.63, 3.8) is 0 Å². The number of carbonyl (C=O) groups is 1. The summed E-state index contributed by atoms with van der Waals surface area (Å²) in [5.41, 5.74) is 8.26. The maximum absolute atomic E-state index is 13.2. The van der Waals surface area contributed by atoms with E-state index in [1.54, 1.807) is 20.3 Å². The van der Waals surface area contributed by atoms with E-state index in [2.05, 4.69) is 10.5 Å². The Balaban J connectivity index is 1.67. The molecular weight excluding hydrogens is 414 g/mol. The van der Waals surface area contributed by atoms with Crippen LogP contribution in [-0.2, 0) is 0 Å². The number of amides is 1. The van der Waals surface area contributed by atoms with Gasteiger partial charge >= 0.3 is 0 Å². The third-order valence-corrected chi connectivity index (χ3v) is 5.43. The summed E-state index contributed by atoms with van der Waals surface area (Å²) in [5, 5.41) is 5.09. The van der Waals surface area contributed by atoms with E-state index in [0.29, 0.717) is 22.8 Å². The van der Waals surface area contributed by atoms with Crippen LogP contribution in [0.2, 0.25) is 0 Å². The molecule has 4 aromatic rings. The smallest absolute Gasteiger partial charge is 0.272 e. The van der Waals surface area contributed by atoms with Gasteiger partial charge in [0, 0.05) is 16.5 Å². The first kappa shape index (κ1) is 22.0. The molecule has 0 unspecified atom stereocenters. The summed E-state index contributed by atoms with van der Waals surface area (Å²) in [4.78, 5) is 17.9. The highest BCUT2D eigenvalue weighted by Crippen LogP contribution is 2.28. The van der Waals surface area contributed by atoms with Crippen molar-refractivity contribution in [2.75, 3.05) is 14.2 Å². The van der Waals surface area contributed by atoms with Gasteiger partial charge in [0.1, 0.15) is 0 Å². The van der Waals surface area contributed by atoms with Gasteiger partial charge in [0.2, 0.25) is 0 Å². The van der Waals surface area contributed by atoms with Gasteiger partial charge in [0.25, 0.3) is 5.91 Å². The van der Waals surface area contributed by atoms with Gasteiger partial charge < -0.3 is 9.47 Å². The van der Waals surface area contributed by atoms with Gasteiger partial charge in [0.15, 0.2) is 11.5 Å². The summed E-state index contributed by atoms with van der Waals surface area (Å²) < 4.78 is 10.6. The van der Waals surface area contributed by atoms with Crippen molar-refractivity contribution in [1.82, 2.24) is 10.4 Å². The molecule has 0 atom stereocenters. The van der Waals surface area contributed by atoms with E-state index in [4.69, 9.17) is 14.5 Å². The van der Waals surface area contributed by atoms with Crippen molar-refractivity contribution < 1.29 is 14.3 Å². The van der Waals surface area contributed by atoms with Gasteiger partial charge in [-0.1, -0.05) is 48.0 Å². The molecule has 0 saturated heterocycles. The monoisotopic (exact) mass is 439 g/mol. The van der Waals surface area contributed by atoms with Crippen LogP contribution in [0.3, 0.4) is 0 Å². The van der Waals surface area contributed by atoms with Crippen LogP contribution in [0.5, 0.6) is 11.5 Å². The molecule has 0 bridgehead atoms. The Kier molecular flexibility index (Phi) is 6.36. The zero-order chi connectivity index (χ0) is 23.4. The highest BCUT2D eigenvalue weighted by molar-refractivity contribution is 6.08. The predicted molar refractivity (Wildman–Crippen MR) is 131 cm³/mol. The van der Waals surface area contributed by atoms with E-state index in [1.165, 1.54) is 0 Å². The van der Waals surface area contributed by atoms with Crippen LogP contribution in [0, 0.1) is 6.92 Å². The number of methoxy groups -OCH3 is 2. The quantitative estimate of drug-likeness (QED) is 0.323. The summed E-state index contributed by atoms with van der Waals surface area (Å²) in [6.07, 6.45) is 0. The second kappa shape index (κ2) is 9.53. The SMILES string of the molecule is COc1ccc(/C(C)=N/NC(=O)c2cc(-c3ccc(C)cc3)nc3ccccc23)cc1OC. The Morgan fingerprint density at radius 3 is 2.36 bits per heavy atom. The molecule has 33 heavy (non-hydrogen) atoms. The first-order chi connectivity index (χ1) is 16.0. The number of aryl methyl sites for hydroxylation is 1. The predicted octanol–water partition coefficient (Wildman–Crippen LogP) is 5.38. The van der Waals surface area contributed by atoms with Gasteiger partial charge in [-0.3, -0.25) is 4.79 Å². The molecule has 0 spiro atoms. The Hall–Kier alpha value is -4.19. The summed E-state index contributed by atoms with van der Waals surface area (Å²) in [6, 6.07) is 23.0. The lowest BCUT2D eigenvalue weighted by molar-refractivity contribution is 0.0956. The molecule has 0 radical (unpaired) electrons. The zero-order valence-corrected chi connectivity index (χ0v) is 19.0. The fraction of sp³-hybridized carbons (Fsp3) is 0.148. The first-order valence-corrected chi connectivity index (χ1v) is 10.5.